The van der Waals surface area contributed by atoms with Crippen LogP contribution in [0.4, 0.5) is 5.69 Å². The predicted octanol–water partition coefficient (Wildman–Crippen LogP) is 3.26. The molecule has 1 aromatic heterocycles. The van der Waals surface area contributed by atoms with E-state index in [1.165, 1.54) is 12.4 Å². The molecule has 0 unspecified atom stereocenters. The number of pyridine rings is 1. The maximum atomic E-state index is 12.3. The highest BCUT2D eigenvalue weighted by molar-refractivity contribution is 9.10. The first-order valence-electron chi connectivity index (χ1n) is 5.60. The smallest absolute Gasteiger partial charge is 0.262 e. The van der Waals surface area contributed by atoms with Gasteiger partial charge in [0, 0.05) is 16.9 Å². The van der Waals surface area contributed by atoms with Crippen molar-refractivity contribution in [2.45, 2.75) is 18.7 Å². The molecule has 100 valence electrons. The van der Waals surface area contributed by atoms with E-state index in [9.17, 15) is 8.42 Å². The summed E-state index contributed by atoms with van der Waals surface area (Å²) in [5, 5.41) is 0. The molecule has 2 rings (SSSR count). The van der Waals surface area contributed by atoms with Crippen molar-refractivity contribution in [3.8, 4) is 0 Å². The fourth-order valence-corrected chi connectivity index (χ4v) is 3.50. The van der Waals surface area contributed by atoms with Gasteiger partial charge in [0.15, 0.2) is 0 Å². The van der Waals surface area contributed by atoms with Crippen LogP contribution in [0.25, 0.3) is 0 Å². The van der Waals surface area contributed by atoms with Crippen molar-refractivity contribution < 1.29 is 8.42 Å². The van der Waals surface area contributed by atoms with Gasteiger partial charge in [-0.15, -0.1) is 0 Å². The molecule has 6 heteroatoms. The van der Waals surface area contributed by atoms with E-state index in [1.54, 1.807) is 31.2 Å². The lowest BCUT2D eigenvalue weighted by atomic mass is 10.2. The summed E-state index contributed by atoms with van der Waals surface area (Å²) in [4.78, 5) is 4.13. The average Bonchev–Trinajstić information content (AvgIpc) is 2.34. The summed E-state index contributed by atoms with van der Waals surface area (Å²) in [6.07, 6.45) is 3.08. The Morgan fingerprint density at radius 1 is 1.11 bits per heavy atom. The molecule has 0 amide bonds. The number of benzene rings is 1. The number of halogens is 1. The van der Waals surface area contributed by atoms with Gasteiger partial charge in [0.1, 0.15) is 0 Å². The van der Waals surface area contributed by atoms with Gasteiger partial charge in [-0.2, -0.15) is 0 Å². The topological polar surface area (TPSA) is 59.1 Å². The first-order chi connectivity index (χ1) is 8.90. The number of aromatic nitrogens is 1. The number of nitrogens with zero attached hydrogens (tertiary/aromatic N) is 1. The third-order valence-corrected chi connectivity index (χ3v) is 5.06. The zero-order valence-electron chi connectivity index (χ0n) is 10.5. The molecule has 19 heavy (non-hydrogen) atoms. The molecular formula is C13H13BrN2O2S. The van der Waals surface area contributed by atoms with Crippen molar-refractivity contribution in [3.05, 3.63) is 52.3 Å². The van der Waals surface area contributed by atoms with Gasteiger partial charge in [0.25, 0.3) is 10.0 Å². The van der Waals surface area contributed by atoms with Crippen molar-refractivity contribution in [2.75, 3.05) is 4.72 Å². The van der Waals surface area contributed by atoms with E-state index in [0.717, 1.165) is 10.0 Å². The van der Waals surface area contributed by atoms with Gasteiger partial charge in [-0.05, 0) is 49.2 Å². The Hall–Kier alpha value is -1.40. The molecule has 0 saturated heterocycles. The molecule has 0 aliphatic carbocycles. The van der Waals surface area contributed by atoms with Gasteiger partial charge in [0.05, 0.1) is 10.6 Å². The van der Waals surface area contributed by atoms with Gasteiger partial charge in [-0.25, -0.2) is 8.42 Å². The number of nitrogens with one attached hydrogen (secondary N) is 1. The van der Waals surface area contributed by atoms with Gasteiger partial charge < -0.3 is 0 Å². The zero-order chi connectivity index (χ0) is 14.0. The monoisotopic (exact) mass is 340 g/mol. The number of hydrogen-bond acceptors (Lipinski definition) is 3. The van der Waals surface area contributed by atoms with Crippen molar-refractivity contribution in [2.24, 2.45) is 0 Å². The number of sulfonamides is 1. The van der Waals surface area contributed by atoms with Crippen LogP contribution in [0.3, 0.4) is 0 Å². The Morgan fingerprint density at radius 2 is 1.74 bits per heavy atom. The van der Waals surface area contributed by atoms with Crippen LogP contribution in [0.15, 0.2) is 46.0 Å². The summed E-state index contributed by atoms with van der Waals surface area (Å²) >= 11 is 3.39. The highest BCUT2D eigenvalue weighted by Crippen LogP contribution is 2.25. The van der Waals surface area contributed by atoms with Crippen LogP contribution in [-0.2, 0) is 10.0 Å². The minimum Gasteiger partial charge on any atom is -0.280 e. The van der Waals surface area contributed by atoms with E-state index in [-0.39, 0.29) is 4.90 Å². The van der Waals surface area contributed by atoms with E-state index in [4.69, 9.17) is 0 Å². The van der Waals surface area contributed by atoms with Crippen LogP contribution in [-0.4, -0.2) is 13.4 Å². The summed E-state index contributed by atoms with van der Waals surface area (Å²) < 4.78 is 28.1. The van der Waals surface area contributed by atoms with Crippen LogP contribution in [0.1, 0.15) is 11.1 Å². The Morgan fingerprint density at radius 3 is 2.37 bits per heavy atom. The highest BCUT2D eigenvalue weighted by Gasteiger charge is 2.18. The van der Waals surface area contributed by atoms with Crippen molar-refractivity contribution in [1.29, 1.82) is 0 Å². The Bertz CT molecular complexity index is 700. The molecule has 0 saturated carbocycles. The molecular weight excluding hydrogens is 328 g/mol. The molecule has 0 atom stereocenters. The number of aryl methyl sites for hydroxylation is 2. The molecule has 1 heterocycles. The third kappa shape index (κ3) is 3.13. The lowest BCUT2D eigenvalue weighted by molar-refractivity contribution is 0.600. The number of anilines is 1. The average molecular weight is 341 g/mol. The molecule has 2 aromatic rings. The van der Waals surface area contributed by atoms with Crippen LogP contribution >= 0.6 is 15.9 Å². The van der Waals surface area contributed by atoms with Crippen molar-refractivity contribution in [3.63, 3.8) is 0 Å². The number of rotatable bonds is 3. The third-order valence-electron chi connectivity index (χ3n) is 2.68. The van der Waals surface area contributed by atoms with Gasteiger partial charge >= 0.3 is 0 Å². The first kappa shape index (κ1) is 14.0. The maximum absolute atomic E-state index is 12.3. The molecule has 0 aliphatic heterocycles. The second kappa shape index (κ2) is 5.30. The summed E-state index contributed by atoms with van der Waals surface area (Å²) in [6, 6.07) is 6.68. The largest absolute Gasteiger partial charge is 0.280 e. The molecule has 0 bridgehead atoms. The Balaban J connectivity index is 2.43. The van der Waals surface area contributed by atoms with E-state index >= 15 is 0 Å². The molecule has 1 N–H and O–H groups in total. The van der Waals surface area contributed by atoms with E-state index in [1.807, 2.05) is 6.92 Å². The molecule has 0 fully saturated rings. The number of hydrogen-bond donors (Lipinski definition) is 1. The summed E-state index contributed by atoms with van der Waals surface area (Å²) in [7, 11) is -3.58. The molecule has 0 radical (unpaired) electrons. The fourth-order valence-electron chi connectivity index (χ4n) is 1.67. The predicted molar refractivity (Wildman–Crippen MR) is 78.7 cm³/mol. The molecule has 0 spiro atoms. The summed E-state index contributed by atoms with van der Waals surface area (Å²) in [5.41, 5.74) is 2.06. The second-order valence-corrected chi connectivity index (χ2v) is 6.71. The summed E-state index contributed by atoms with van der Waals surface area (Å²) in [5.74, 6) is 0. The van der Waals surface area contributed by atoms with Crippen LogP contribution in [0.2, 0.25) is 0 Å². The van der Waals surface area contributed by atoms with Crippen molar-refractivity contribution >= 4 is 31.6 Å². The maximum Gasteiger partial charge on any atom is 0.262 e. The van der Waals surface area contributed by atoms with Gasteiger partial charge in [0.2, 0.25) is 0 Å². The lowest BCUT2D eigenvalue weighted by Gasteiger charge is -2.12. The highest BCUT2D eigenvalue weighted by atomic mass is 79.9. The SMILES string of the molecule is Cc1cc(S(=O)(=O)Nc2ccncc2)c(C)cc1Br. The van der Waals surface area contributed by atoms with Gasteiger partial charge in [-0.3, -0.25) is 9.71 Å². The lowest BCUT2D eigenvalue weighted by Crippen LogP contribution is -2.14. The zero-order valence-corrected chi connectivity index (χ0v) is 12.9. The molecule has 1 aromatic carbocycles. The Kier molecular flexibility index (Phi) is 3.91. The van der Waals surface area contributed by atoms with Gasteiger partial charge in [-0.1, -0.05) is 15.9 Å². The van der Waals surface area contributed by atoms with E-state index in [0.29, 0.717) is 11.3 Å². The molecule has 4 nitrogen and oxygen atoms in total. The normalized spacial score (nSPS) is 11.3. The van der Waals surface area contributed by atoms with Crippen molar-refractivity contribution in [1.82, 2.24) is 4.98 Å². The standard InChI is InChI=1S/C13H13BrN2O2S/c1-9-8-13(10(2)7-12(9)14)19(17,18)16-11-3-5-15-6-4-11/h3-8H,1-2H3,(H,15,16). The van der Waals surface area contributed by atoms with Crippen LogP contribution < -0.4 is 4.72 Å². The van der Waals surface area contributed by atoms with E-state index < -0.39 is 10.0 Å². The van der Waals surface area contributed by atoms with Crippen LogP contribution in [0, 0.1) is 13.8 Å². The molecule has 0 aliphatic rings. The summed E-state index contributed by atoms with van der Waals surface area (Å²) in [6.45, 7) is 3.63. The second-order valence-electron chi connectivity index (χ2n) is 4.21. The minimum absolute atomic E-state index is 0.282. The van der Waals surface area contributed by atoms with Crippen LogP contribution in [0.5, 0.6) is 0 Å². The Labute approximate surface area is 121 Å². The fraction of sp³-hybridized carbons (Fsp3) is 0.154. The van der Waals surface area contributed by atoms with E-state index in [2.05, 4.69) is 25.6 Å². The minimum atomic E-state index is -3.58. The first-order valence-corrected chi connectivity index (χ1v) is 7.87. The quantitative estimate of drug-likeness (QED) is 0.932.